The number of amides is 1. The first-order valence-electron chi connectivity index (χ1n) is 6.64. The van der Waals surface area contributed by atoms with Crippen molar-refractivity contribution in [3.05, 3.63) is 46.2 Å². The first-order valence-corrected chi connectivity index (χ1v) is 7.52. The third kappa shape index (κ3) is 4.01. The monoisotopic (exact) mass is 363 g/mol. The third-order valence-electron chi connectivity index (χ3n) is 3.05. The van der Waals surface area contributed by atoms with E-state index in [0.717, 1.165) is 12.1 Å². The summed E-state index contributed by atoms with van der Waals surface area (Å²) >= 11 is 0.618. The highest BCUT2D eigenvalue weighted by Crippen LogP contribution is 2.42. The van der Waals surface area contributed by atoms with Gasteiger partial charge in [0.05, 0.1) is 12.1 Å². The van der Waals surface area contributed by atoms with Crippen molar-refractivity contribution in [2.45, 2.75) is 25.1 Å². The maximum Gasteiger partial charge on any atom is 0.424 e. The van der Waals surface area contributed by atoms with Gasteiger partial charge in [0.25, 0.3) is 0 Å². The molecule has 1 atom stereocenters. The number of carbonyl (C=O) groups is 1. The summed E-state index contributed by atoms with van der Waals surface area (Å²) in [5.74, 6) is -1.61. The maximum atomic E-state index is 13.2. The molecule has 1 heterocycles. The number of rotatable bonds is 5. The summed E-state index contributed by atoms with van der Waals surface area (Å²) < 4.78 is 52.5. The van der Waals surface area contributed by atoms with Crippen molar-refractivity contribution < 1.29 is 27.5 Å². The van der Waals surface area contributed by atoms with Crippen molar-refractivity contribution >= 4 is 22.9 Å². The zero-order valence-corrected chi connectivity index (χ0v) is 13.1. The van der Waals surface area contributed by atoms with Gasteiger partial charge >= 0.3 is 6.18 Å². The van der Waals surface area contributed by atoms with E-state index in [1.54, 1.807) is 0 Å². The molecule has 0 bridgehead atoms. The van der Waals surface area contributed by atoms with Gasteiger partial charge < -0.3 is 5.11 Å². The molecule has 0 aliphatic heterocycles. The van der Waals surface area contributed by atoms with E-state index in [1.165, 1.54) is 24.4 Å². The molecule has 10 heteroatoms. The molecule has 0 radical (unpaired) electrons. The first-order chi connectivity index (χ1) is 11.1. The van der Waals surface area contributed by atoms with Crippen molar-refractivity contribution in [1.29, 1.82) is 0 Å². The predicted octanol–water partition coefficient (Wildman–Crippen LogP) is 2.87. The Morgan fingerprint density at radius 1 is 1.29 bits per heavy atom. The molecule has 0 saturated heterocycles. The Balaban J connectivity index is 2.09. The second-order valence-corrected chi connectivity index (χ2v) is 5.87. The van der Waals surface area contributed by atoms with Crippen LogP contribution in [0.15, 0.2) is 29.6 Å². The zero-order chi connectivity index (χ0) is 18.0. The minimum atomic E-state index is -5.08. The normalized spacial score (nSPS) is 14.1. The molecule has 1 unspecified atom stereocenters. The average molecular weight is 363 g/mol. The van der Waals surface area contributed by atoms with Gasteiger partial charge in [0.2, 0.25) is 11.5 Å². The van der Waals surface area contributed by atoms with Gasteiger partial charge in [-0.05, 0) is 31.2 Å². The van der Waals surface area contributed by atoms with Crippen LogP contribution in [0, 0.1) is 12.7 Å². The van der Waals surface area contributed by atoms with Crippen molar-refractivity contribution in [2.75, 3.05) is 5.43 Å². The minimum absolute atomic E-state index is 0.269. The van der Waals surface area contributed by atoms with E-state index in [0.29, 0.717) is 17.0 Å². The van der Waals surface area contributed by atoms with Crippen LogP contribution in [0.2, 0.25) is 0 Å². The molecule has 0 aliphatic rings. The van der Waals surface area contributed by atoms with E-state index in [9.17, 15) is 27.5 Å². The molecule has 0 spiro atoms. The number of alkyl halides is 3. The fraction of sp³-hybridized carbons (Fsp3) is 0.286. The number of hydrazine groups is 1. The summed E-state index contributed by atoms with van der Waals surface area (Å²) in [6.07, 6.45) is -6.35. The fourth-order valence-corrected chi connectivity index (χ4v) is 2.71. The molecule has 1 aromatic heterocycles. The number of aliphatic hydroxyl groups is 1. The second-order valence-electron chi connectivity index (χ2n) is 5.01. The summed E-state index contributed by atoms with van der Waals surface area (Å²) in [4.78, 5) is 15.4. The number of aryl methyl sites for hydroxylation is 1. The lowest BCUT2D eigenvalue weighted by Crippen LogP contribution is -2.47. The number of hydrogen-bond acceptors (Lipinski definition) is 5. The van der Waals surface area contributed by atoms with Gasteiger partial charge in [0.1, 0.15) is 10.8 Å². The summed E-state index contributed by atoms with van der Waals surface area (Å²) in [6.45, 7) is 1.48. The number of nitrogens with one attached hydrogen (secondary N) is 2. The quantitative estimate of drug-likeness (QED) is 0.564. The molecule has 2 rings (SSSR count). The van der Waals surface area contributed by atoms with E-state index in [2.05, 4.69) is 10.4 Å². The number of hydrogen-bond donors (Lipinski definition) is 3. The molecule has 3 N–H and O–H groups in total. The predicted molar refractivity (Wildman–Crippen MR) is 79.6 cm³/mol. The Kier molecular flexibility index (Phi) is 5.09. The first kappa shape index (κ1) is 18.1. The van der Waals surface area contributed by atoms with Crippen LogP contribution in [0.3, 0.4) is 0 Å². The topological polar surface area (TPSA) is 74.2 Å². The Morgan fingerprint density at radius 2 is 1.92 bits per heavy atom. The summed E-state index contributed by atoms with van der Waals surface area (Å²) in [5, 5.41) is 10.8. The SMILES string of the molecule is Cc1csc(C(O)(CC(=O)NNc2ccc(F)cc2)C(F)(F)F)n1. The van der Waals surface area contributed by atoms with Gasteiger partial charge in [-0.3, -0.25) is 15.6 Å². The molecule has 24 heavy (non-hydrogen) atoms. The molecular weight excluding hydrogens is 350 g/mol. The molecule has 2 aromatic rings. The largest absolute Gasteiger partial charge is 0.424 e. The van der Waals surface area contributed by atoms with Gasteiger partial charge in [0, 0.05) is 11.1 Å². The molecule has 0 fully saturated rings. The number of aromatic nitrogens is 1. The van der Waals surface area contributed by atoms with E-state index in [1.807, 2.05) is 5.43 Å². The van der Waals surface area contributed by atoms with E-state index >= 15 is 0 Å². The highest BCUT2D eigenvalue weighted by Gasteiger charge is 2.58. The van der Waals surface area contributed by atoms with Crippen molar-refractivity contribution in [3.63, 3.8) is 0 Å². The molecule has 0 saturated carbocycles. The minimum Gasteiger partial charge on any atom is -0.374 e. The Labute approximate surface area is 138 Å². The van der Waals surface area contributed by atoms with Gasteiger partial charge in [-0.1, -0.05) is 0 Å². The van der Waals surface area contributed by atoms with Crippen LogP contribution in [-0.4, -0.2) is 22.2 Å². The number of anilines is 1. The lowest BCUT2D eigenvalue weighted by molar-refractivity contribution is -0.267. The molecule has 1 aromatic carbocycles. The maximum absolute atomic E-state index is 13.2. The van der Waals surface area contributed by atoms with Crippen LogP contribution < -0.4 is 10.9 Å². The summed E-state index contributed by atoms with van der Waals surface area (Å²) in [6, 6.07) is 4.79. The van der Waals surface area contributed by atoms with Crippen LogP contribution in [0.25, 0.3) is 0 Å². The number of halogens is 4. The van der Waals surface area contributed by atoms with E-state index in [-0.39, 0.29) is 5.69 Å². The Hall–Kier alpha value is -2.20. The van der Waals surface area contributed by atoms with Crippen LogP contribution in [0.5, 0.6) is 0 Å². The zero-order valence-electron chi connectivity index (χ0n) is 12.3. The van der Waals surface area contributed by atoms with Gasteiger partial charge in [-0.15, -0.1) is 11.3 Å². The van der Waals surface area contributed by atoms with Gasteiger partial charge in [-0.25, -0.2) is 9.37 Å². The number of thiazole rings is 1. The van der Waals surface area contributed by atoms with Crippen molar-refractivity contribution in [2.24, 2.45) is 0 Å². The molecule has 1 amide bonds. The van der Waals surface area contributed by atoms with Crippen LogP contribution in [0.1, 0.15) is 17.1 Å². The van der Waals surface area contributed by atoms with Crippen molar-refractivity contribution in [1.82, 2.24) is 10.4 Å². The van der Waals surface area contributed by atoms with Crippen molar-refractivity contribution in [3.8, 4) is 0 Å². The summed E-state index contributed by atoms with van der Waals surface area (Å²) in [5.41, 5.74) is 1.56. The highest BCUT2D eigenvalue weighted by atomic mass is 32.1. The summed E-state index contributed by atoms with van der Waals surface area (Å²) in [7, 11) is 0. The average Bonchev–Trinajstić information content (AvgIpc) is 2.92. The van der Waals surface area contributed by atoms with Crippen LogP contribution in [-0.2, 0) is 10.4 Å². The van der Waals surface area contributed by atoms with Gasteiger partial charge in [-0.2, -0.15) is 13.2 Å². The molecular formula is C14H13F4N3O2S. The highest BCUT2D eigenvalue weighted by molar-refractivity contribution is 7.09. The number of benzene rings is 1. The smallest absolute Gasteiger partial charge is 0.374 e. The lowest BCUT2D eigenvalue weighted by Gasteiger charge is -2.27. The Bertz CT molecular complexity index is 718. The second kappa shape index (κ2) is 6.73. The van der Waals surface area contributed by atoms with E-state index < -0.39 is 34.9 Å². The number of nitrogens with zero attached hydrogens (tertiary/aromatic N) is 1. The van der Waals surface area contributed by atoms with Crippen LogP contribution in [0.4, 0.5) is 23.2 Å². The lowest BCUT2D eigenvalue weighted by atomic mass is 9.99. The number of carbonyl (C=O) groups excluding carboxylic acids is 1. The van der Waals surface area contributed by atoms with Crippen LogP contribution >= 0.6 is 11.3 Å². The molecule has 5 nitrogen and oxygen atoms in total. The van der Waals surface area contributed by atoms with E-state index in [4.69, 9.17) is 0 Å². The molecule has 0 aliphatic carbocycles. The molecule has 130 valence electrons. The standard InChI is InChI=1S/C14H13F4N3O2S/c1-8-7-24-12(19-8)13(23,14(16,17)18)6-11(22)21-20-10-4-2-9(15)3-5-10/h2-5,7,20,23H,6H2,1H3,(H,21,22). The Morgan fingerprint density at radius 3 is 2.42 bits per heavy atom. The fourth-order valence-electron chi connectivity index (χ4n) is 1.79. The van der Waals surface area contributed by atoms with Gasteiger partial charge in [0.15, 0.2) is 0 Å². The third-order valence-corrected chi connectivity index (χ3v) is 4.16.